The Morgan fingerprint density at radius 1 is 1.53 bits per heavy atom. The van der Waals surface area contributed by atoms with Gasteiger partial charge in [-0.15, -0.1) is 5.10 Å². The molecular weight excluding hydrogens is 266 g/mol. The van der Waals surface area contributed by atoms with Crippen molar-refractivity contribution >= 4 is 17.4 Å². The van der Waals surface area contributed by atoms with Crippen LogP contribution in [0.1, 0.15) is 37.9 Å². The molecule has 8 heteroatoms. The highest BCUT2D eigenvalue weighted by molar-refractivity contribution is 7.07. The van der Waals surface area contributed by atoms with E-state index in [9.17, 15) is 4.79 Å². The molecule has 3 N–H and O–H groups in total. The molecule has 0 radical (unpaired) electrons. The lowest BCUT2D eigenvalue weighted by molar-refractivity contribution is 0.423. The molecule has 1 atom stereocenters. The van der Waals surface area contributed by atoms with Crippen molar-refractivity contribution in [2.24, 2.45) is 0 Å². The molecule has 2 rings (SSSR count). The van der Waals surface area contributed by atoms with Gasteiger partial charge in [0.2, 0.25) is 5.89 Å². The highest BCUT2D eigenvalue weighted by Gasteiger charge is 2.12. The maximum atomic E-state index is 11.0. The minimum Gasteiger partial charge on any atom is -0.406 e. The Morgan fingerprint density at radius 3 is 3.05 bits per heavy atom. The molecule has 104 valence electrons. The van der Waals surface area contributed by atoms with Crippen molar-refractivity contribution in [3.63, 3.8) is 0 Å². The first-order valence-electron chi connectivity index (χ1n) is 6.16. The van der Waals surface area contributed by atoms with Crippen LogP contribution in [0.4, 0.5) is 6.01 Å². The van der Waals surface area contributed by atoms with E-state index in [0.717, 1.165) is 30.0 Å². The molecule has 1 unspecified atom stereocenters. The third-order valence-corrected chi connectivity index (χ3v) is 3.23. The van der Waals surface area contributed by atoms with Crippen molar-refractivity contribution in [1.82, 2.24) is 20.5 Å². The highest BCUT2D eigenvalue weighted by atomic mass is 32.1. The average molecular weight is 283 g/mol. The molecule has 0 saturated carbocycles. The van der Waals surface area contributed by atoms with E-state index in [2.05, 4.69) is 32.7 Å². The van der Waals surface area contributed by atoms with E-state index in [0.29, 0.717) is 18.5 Å². The van der Waals surface area contributed by atoms with Gasteiger partial charge in [-0.25, -0.2) is 0 Å². The normalized spacial score (nSPS) is 12.5. The molecule has 0 saturated heterocycles. The molecule has 0 fully saturated rings. The summed E-state index contributed by atoms with van der Waals surface area (Å²) >= 11 is 1.13. The van der Waals surface area contributed by atoms with Gasteiger partial charge in [-0.2, -0.15) is 0 Å². The molecule has 2 heterocycles. The molecular formula is C11H17N5O2S. The average Bonchev–Trinajstić information content (AvgIpc) is 3.02. The molecule has 0 aliphatic heterocycles. The van der Waals surface area contributed by atoms with Gasteiger partial charge in [-0.1, -0.05) is 23.4 Å². The van der Waals surface area contributed by atoms with Crippen LogP contribution in [0.5, 0.6) is 0 Å². The number of rotatable bonds is 7. The van der Waals surface area contributed by atoms with Crippen LogP contribution in [-0.2, 0) is 6.54 Å². The summed E-state index contributed by atoms with van der Waals surface area (Å²) in [4.78, 5) is 13.6. The van der Waals surface area contributed by atoms with Crippen molar-refractivity contribution in [3.05, 3.63) is 26.6 Å². The van der Waals surface area contributed by atoms with E-state index in [-0.39, 0.29) is 10.9 Å². The standard InChI is InChI=1S/C11H17N5O2S/c1-3-4-12-7(2)9-15-16-10(18-9)13-5-8-6-19-11(17)14-8/h6-7,12H,3-5H2,1-2H3,(H,13,16)(H,14,17). The van der Waals surface area contributed by atoms with E-state index >= 15 is 0 Å². The van der Waals surface area contributed by atoms with Crippen molar-refractivity contribution in [1.29, 1.82) is 0 Å². The molecule has 2 aromatic rings. The predicted octanol–water partition coefficient (Wildman–Crippen LogP) is 1.49. The molecule has 7 nitrogen and oxygen atoms in total. The summed E-state index contributed by atoms with van der Waals surface area (Å²) in [5.74, 6) is 0.551. The Kier molecular flexibility index (Phi) is 4.69. The minimum absolute atomic E-state index is 0.0314. The van der Waals surface area contributed by atoms with E-state index in [1.54, 1.807) is 5.38 Å². The molecule has 0 aromatic carbocycles. The van der Waals surface area contributed by atoms with Crippen LogP contribution in [-0.4, -0.2) is 21.7 Å². The fourth-order valence-electron chi connectivity index (χ4n) is 1.50. The van der Waals surface area contributed by atoms with Gasteiger partial charge in [0.25, 0.3) is 0 Å². The Bertz CT molecular complexity index is 561. The largest absolute Gasteiger partial charge is 0.406 e. The van der Waals surface area contributed by atoms with Gasteiger partial charge < -0.3 is 20.0 Å². The summed E-state index contributed by atoms with van der Waals surface area (Å²) in [6.07, 6.45) is 1.05. The summed E-state index contributed by atoms with van der Waals surface area (Å²) in [5, 5.41) is 15.9. The van der Waals surface area contributed by atoms with Crippen LogP contribution in [0.2, 0.25) is 0 Å². The number of thiazole rings is 1. The quantitative estimate of drug-likeness (QED) is 0.712. The van der Waals surface area contributed by atoms with Crippen molar-refractivity contribution in [3.8, 4) is 0 Å². The zero-order valence-corrected chi connectivity index (χ0v) is 11.7. The monoisotopic (exact) mass is 283 g/mol. The molecule has 19 heavy (non-hydrogen) atoms. The van der Waals surface area contributed by atoms with Crippen LogP contribution in [0.25, 0.3) is 0 Å². The molecule has 2 aromatic heterocycles. The number of nitrogens with one attached hydrogen (secondary N) is 3. The fraction of sp³-hybridized carbons (Fsp3) is 0.545. The van der Waals surface area contributed by atoms with Crippen molar-refractivity contribution in [2.45, 2.75) is 32.9 Å². The lowest BCUT2D eigenvalue weighted by atomic mass is 10.3. The number of H-pyrrole nitrogens is 1. The summed E-state index contributed by atoms with van der Waals surface area (Å²) < 4.78 is 5.49. The molecule has 0 aliphatic rings. The van der Waals surface area contributed by atoms with Gasteiger partial charge in [-0.3, -0.25) is 4.79 Å². The zero-order valence-electron chi connectivity index (χ0n) is 10.9. The smallest absolute Gasteiger partial charge is 0.315 e. The summed E-state index contributed by atoms with van der Waals surface area (Å²) in [6.45, 7) is 5.44. The fourth-order valence-corrected chi connectivity index (χ4v) is 2.08. The summed E-state index contributed by atoms with van der Waals surface area (Å²) in [5.41, 5.74) is 0.798. The van der Waals surface area contributed by atoms with E-state index < -0.39 is 0 Å². The second-order valence-electron chi connectivity index (χ2n) is 4.15. The number of hydrogen-bond acceptors (Lipinski definition) is 7. The zero-order chi connectivity index (χ0) is 13.7. The SMILES string of the molecule is CCCNC(C)c1nnc(NCc2csc(=O)[nH]2)o1. The molecule has 0 bridgehead atoms. The summed E-state index contributed by atoms with van der Waals surface area (Å²) in [6, 6.07) is 0.385. The first kappa shape index (κ1) is 13.8. The summed E-state index contributed by atoms with van der Waals surface area (Å²) in [7, 11) is 0. The van der Waals surface area contributed by atoms with Gasteiger partial charge in [0.1, 0.15) is 0 Å². The topological polar surface area (TPSA) is 95.8 Å². The predicted molar refractivity (Wildman–Crippen MR) is 73.3 cm³/mol. The van der Waals surface area contributed by atoms with E-state index in [4.69, 9.17) is 4.42 Å². The van der Waals surface area contributed by atoms with Gasteiger partial charge in [0.15, 0.2) is 0 Å². The lowest BCUT2D eigenvalue weighted by Crippen LogP contribution is -2.19. The van der Waals surface area contributed by atoms with Gasteiger partial charge in [-0.05, 0) is 19.9 Å². The second kappa shape index (κ2) is 6.48. The van der Waals surface area contributed by atoms with Crippen LogP contribution in [0, 0.1) is 0 Å². The van der Waals surface area contributed by atoms with Gasteiger partial charge in [0.05, 0.1) is 12.6 Å². The van der Waals surface area contributed by atoms with Crippen LogP contribution in [0.15, 0.2) is 14.6 Å². The van der Waals surface area contributed by atoms with Gasteiger partial charge >= 0.3 is 10.9 Å². The van der Waals surface area contributed by atoms with E-state index in [1.165, 1.54) is 0 Å². The maximum Gasteiger partial charge on any atom is 0.315 e. The van der Waals surface area contributed by atoms with Gasteiger partial charge in [0, 0.05) is 11.1 Å². The Morgan fingerprint density at radius 2 is 2.37 bits per heavy atom. The Labute approximate surface area is 114 Å². The number of aromatic nitrogens is 3. The lowest BCUT2D eigenvalue weighted by Gasteiger charge is -2.07. The third kappa shape index (κ3) is 3.90. The minimum atomic E-state index is -0.0691. The third-order valence-electron chi connectivity index (χ3n) is 2.51. The first-order chi connectivity index (χ1) is 9.19. The number of anilines is 1. The van der Waals surface area contributed by atoms with Crippen LogP contribution >= 0.6 is 11.3 Å². The first-order valence-corrected chi connectivity index (χ1v) is 7.04. The van der Waals surface area contributed by atoms with Crippen LogP contribution < -0.4 is 15.5 Å². The Hall–Kier alpha value is -1.67. The maximum absolute atomic E-state index is 11.0. The molecule has 0 spiro atoms. The number of nitrogens with zero attached hydrogens (tertiary/aromatic N) is 2. The van der Waals surface area contributed by atoms with E-state index in [1.807, 2.05) is 6.92 Å². The van der Waals surface area contributed by atoms with Crippen molar-refractivity contribution in [2.75, 3.05) is 11.9 Å². The molecule has 0 amide bonds. The number of hydrogen-bond donors (Lipinski definition) is 3. The Balaban J connectivity index is 1.88. The number of aromatic amines is 1. The highest BCUT2D eigenvalue weighted by Crippen LogP contribution is 2.14. The second-order valence-corrected chi connectivity index (χ2v) is 4.99. The molecule has 0 aliphatic carbocycles. The van der Waals surface area contributed by atoms with Crippen LogP contribution in [0.3, 0.4) is 0 Å². The van der Waals surface area contributed by atoms with Crippen molar-refractivity contribution < 1.29 is 4.42 Å².